The van der Waals surface area contributed by atoms with Crippen LogP contribution in [0, 0.1) is 13.8 Å². The lowest BCUT2D eigenvalue weighted by molar-refractivity contribution is 0.414. The first-order valence-electron chi connectivity index (χ1n) is 8.57. The molecule has 142 valence electrons. The molecule has 2 aromatic carbocycles. The molecular formula is C20H22N2O4S. The highest BCUT2D eigenvalue weighted by Crippen LogP contribution is 2.19. The number of nitrogens with one attached hydrogen (secondary N) is 2. The quantitative estimate of drug-likeness (QED) is 0.682. The lowest BCUT2D eigenvalue weighted by Crippen LogP contribution is -2.27. The first-order chi connectivity index (χ1) is 12.8. The third-order valence-corrected chi connectivity index (χ3v) is 5.92. The molecule has 0 unspecified atom stereocenters. The molecule has 0 aliphatic rings. The van der Waals surface area contributed by atoms with Gasteiger partial charge in [-0.05, 0) is 67.8 Å². The Kier molecular flexibility index (Phi) is 5.34. The van der Waals surface area contributed by atoms with Gasteiger partial charge in [-0.25, -0.2) is 13.1 Å². The standard InChI is InChI=1S/C20H22N2O4S/c1-13-10-14(2)18-12-15(20(23)22-19(18)11-13)8-9-21-27(24,25)17-6-4-16(26-3)5-7-17/h4-7,10-12,21H,8-9H2,1-3H3,(H,22,23). The molecule has 27 heavy (non-hydrogen) atoms. The van der Waals surface area contributed by atoms with Gasteiger partial charge in [0.15, 0.2) is 0 Å². The summed E-state index contributed by atoms with van der Waals surface area (Å²) < 4.78 is 32.3. The van der Waals surface area contributed by atoms with Gasteiger partial charge in [-0.1, -0.05) is 6.07 Å². The summed E-state index contributed by atoms with van der Waals surface area (Å²) in [4.78, 5) is 15.3. The van der Waals surface area contributed by atoms with E-state index in [1.54, 1.807) is 12.1 Å². The number of ether oxygens (including phenoxy) is 1. The summed E-state index contributed by atoms with van der Waals surface area (Å²) in [5.74, 6) is 0.585. The van der Waals surface area contributed by atoms with Crippen LogP contribution >= 0.6 is 0 Å². The molecule has 0 amide bonds. The summed E-state index contributed by atoms with van der Waals surface area (Å²) in [5, 5.41) is 0.966. The van der Waals surface area contributed by atoms with E-state index in [-0.39, 0.29) is 17.0 Å². The van der Waals surface area contributed by atoms with Gasteiger partial charge in [0.2, 0.25) is 10.0 Å². The Labute approximate surface area is 158 Å². The van der Waals surface area contributed by atoms with E-state index in [1.165, 1.54) is 19.2 Å². The van der Waals surface area contributed by atoms with Crippen molar-refractivity contribution in [3.05, 3.63) is 69.5 Å². The number of rotatable bonds is 6. The third-order valence-electron chi connectivity index (χ3n) is 4.45. The number of hydrogen-bond acceptors (Lipinski definition) is 4. The van der Waals surface area contributed by atoms with Gasteiger partial charge >= 0.3 is 0 Å². The van der Waals surface area contributed by atoms with Crippen molar-refractivity contribution >= 4 is 20.9 Å². The molecule has 0 fully saturated rings. The zero-order chi connectivity index (χ0) is 19.6. The van der Waals surface area contributed by atoms with Crippen molar-refractivity contribution in [3.8, 4) is 5.75 Å². The Morgan fingerprint density at radius 3 is 2.44 bits per heavy atom. The second kappa shape index (κ2) is 7.54. The summed E-state index contributed by atoms with van der Waals surface area (Å²) in [6.07, 6.45) is 0.300. The second-order valence-corrected chi connectivity index (χ2v) is 8.26. The van der Waals surface area contributed by atoms with E-state index in [9.17, 15) is 13.2 Å². The van der Waals surface area contributed by atoms with E-state index in [0.29, 0.717) is 17.7 Å². The maximum absolute atomic E-state index is 12.4. The number of hydrogen-bond donors (Lipinski definition) is 2. The maximum Gasteiger partial charge on any atom is 0.251 e. The van der Waals surface area contributed by atoms with E-state index < -0.39 is 10.0 Å². The van der Waals surface area contributed by atoms with Crippen LogP contribution in [-0.2, 0) is 16.4 Å². The van der Waals surface area contributed by atoms with E-state index in [0.717, 1.165) is 22.0 Å². The molecule has 0 saturated carbocycles. The molecular weight excluding hydrogens is 364 g/mol. The highest BCUT2D eigenvalue weighted by molar-refractivity contribution is 7.89. The Bertz CT molecular complexity index is 1130. The van der Waals surface area contributed by atoms with Crippen molar-refractivity contribution in [3.63, 3.8) is 0 Å². The molecule has 3 rings (SSSR count). The van der Waals surface area contributed by atoms with Gasteiger partial charge in [-0.2, -0.15) is 0 Å². The lowest BCUT2D eigenvalue weighted by atomic mass is 10.0. The molecule has 1 heterocycles. The van der Waals surface area contributed by atoms with Crippen molar-refractivity contribution in [2.45, 2.75) is 25.2 Å². The first-order valence-corrected chi connectivity index (χ1v) is 10.1. The summed E-state index contributed by atoms with van der Waals surface area (Å²) >= 11 is 0. The first kappa shape index (κ1) is 19.1. The van der Waals surface area contributed by atoms with Crippen LogP contribution in [0.4, 0.5) is 0 Å². The number of sulfonamides is 1. The van der Waals surface area contributed by atoms with Crippen molar-refractivity contribution in [2.75, 3.05) is 13.7 Å². The lowest BCUT2D eigenvalue weighted by Gasteiger charge is -2.09. The highest BCUT2D eigenvalue weighted by atomic mass is 32.2. The van der Waals surface area contributed by atoms with Gasteiger partial charge in [0, 0.05) is 23.0 Å². The van der Waals surface area contributed by atoms with Crippen LogP contribution in [-0.4, -0.2) is 27.1 Å². The number of methoxy groups -OCH3 is 1. The minimum absolute atomic E-state index is 0.133. The van der Waals surface area contributed by atoms with Crippen LogP contribution in [0.25, 0.3) is 10.9 Å². The fourth-order valence-corrected chi connectivity index (χ4v) is 4.09. The fourth-order valence-electron chi connectivity index (χ4n) is 3.06. The molecule has 0 spiro atoms. The van der Waals surface area contributed by atoms with E-state index in [2.05, 4.69) is 15.8 Å². The molecule has 0 radical (unpaired) electrons. The Hall–Kier alpha value is -2.64. The molecule has 3 aromatic rings. The number of aromatic amines is 1. The van der Waals surface area contributed by atoms with E-state index in [1.807, 2.05) is 26.0 Å². The normalized spacial score (nSPS) is 11.7. The van der Waals surface area contributed by atoms with Crippen LogP contribution in [0.3, 0.4) is 0 Å². The second-order valence-electron chi connectivity index (χ2n) is 6.49. The van der Waals surface area contributed by atoms with E-state index >= 15 is 0 Å². The minimum Gasteiger partial charge on any atom is -0.497 e. The zero-order valence-electron chi connectivity index (χ0n) is 15.5. The number of fused-ring (bicyclic) bond motifs is 1. The Morgan fingerprint density at radius 2 is 1.78 bits per heavy atom. The molecule has 1 aromatic heterocycles. The summed E-state index contributed by atoms with van der Waals surface area (Å²) in [7, 11) is -2.12. The van der Waals surface area contributed by atoms with Crippen LogP contribution in [0.1, 0.15) is 16.7 Å². The smallest absolute Gasteiger partial charge is 0.251 e. The molecule has 7 heteroatoms. The van der Waals surface area contributed by atoms with Crippen molar-refractivity contribution in [2.24, 2.45) is 0 Å². The third kappa shape index (κ3) is 4.20. The molecule has 6 nitrogen and oxygen atoms in total. The number of aryl methyl sites for hydroxylation is 2. The van der Waals surface area contributed by atoms with Crippen LogP contribution in [0.5, 0.6) is 5.75 Å². The predicted molar refractivity (Wildman–Crippen MR) is 106 cm³/mol. The topological polar surface area (TPSA) is 88.3 Å². The van der Waals surface area contributed by atoms with Gasteiger partial charge in [0.05, 0.1) is 12.0 Å². The molecule has 0 atom stereocenters. The maximum atomic E-state index is 12.4. The summed E-state index contributed by atoms with van der Waals surface area (Å²) in [6.45, 7) is 4.10. The largest absolute Gasteiger partial charge is 0.497 e. The van der Waals surface area contributed by atoms with Crippen LogP contribution in [0.15, 0.2) is 52.2 Å². The predicted octanol–water partition coefficient (Wildman–Crippen LogP) is 2.67. The highest BCUT2D eigenvalue weighted by Gasteiger charge is 2.14. The van der Waals surface area contributed by atoms with E-state index in [4.69, 9.17) is 4.74 Å². The molecule has 0 aliphatic carbocycles. The number of H-pyrrole nitrogens is 1. The van der Waals surface area contributed by atoms with Crippen molar-refractivity contribution < 1.29 is 13.2 Å². The van der Waals surface area contributed by atoms with Gasteiger partial charge in [-0.15, -0.1) is 0 Å². The van der Waals surface area contributed by atoms with Gasteiger partial charge in [-0.3, -0.25) is 4.79 Å². The Morgan fingerprint density at radius 1 is 1.07 bits per heavy atom. The van der Waals surface area contributed by atoms with Crippen LogP contribution in [0.2, 0.25) is 0 Å². The average molecular weight is 386 g/mol. The molecule has 0 aliphatic heterocycles. The van der Waals surface area contributed by atoms with Crippen molar-refractivity contribution in [1.82, 2.24) is 9.71 Å². The number of pyridine rings is 1. The molecule has 2 N–H and O–H groups in total. The minimum atomic E-state index is -3.64. The molecule has 0 saturated heterocycles. The van der Waals surface area contributed by atoms with Gasteiger partial charge in [0.25, 0.3) is 5.56 Å². The van der Waals surface area contributed by atoms with Crippen molar-refractivity contribution in [1.29, 1.82) is 0 Å². The van der Waals surface area contributed by atoms with Crippen LogP contribution < -0.4 is 15.0 Å². The molecule has 0 bridgehead atoms. The van der Waals surface area contributed by atoms with Gasteiger partial charge < -0.3 is 9.72 Å². The monoisotopic (exact) mass is 386 g/mol. The van der Waals surface area contributed by atoms with Gasteiger partial charge in [0.1, 0.15) is 5.75 Å². The average Bonchev–Trinajstić information content (AvgIpc) is 2.62. The number of benzene rings is 2. The number of aromatic nitrogens is 1. The SMILES string of the molecule is COc1ccc(S(=O)(=O)NCCc2cc3c(C)cc(C)cc3[nH]c2=O)cc1. The summed E-state index contributed by atoms with van der Waals surface area (Å²) in [5.41, 5.74) is 3.29. The fraction of sp³-hybridized carbons (Fsp3) is 0.250. The Balaban J connectivity index is 1.76. The summed E-state index contributed by atoms with van der Waals surface area (Å²) in [6, 6.07) is 12.0. The zero-order valence-corrected chi connectivity index (χ0v) is 16.3.